The van der Waals surface area contributed by atoms with Crippen LogP contribution < -0.4 is 5.73 Å². The van der Waals surface area contributed by atoms with Gasteiger partial charge >= 0.3 is 0 Å². The van der Waals surface area contributed by atoms with Crippen LogP contribution in [-0.2, 0) is 19.6 Å². The third-order valence-corrected chi connectivity index (χ3v) is 4.12. The molecule has 0 atom stereocenters. The second-order valence-electron chi connectivity index (χ2n) is 6.18. The number of carbonyl (C=O) groups excluding carboxylic acids is 1. The SMILES string of the molecule is NC(=O)c1cccc(CN(Cc2ccccc2)Cc2ccccc2)c1. The van der Waals surface area contributed by atoms with Gasteiger partial charge in [0.05, 0.1) is 0 Å². The molecule has 0 aromatic heterocycles. The topological polar surface area (TPSA) is 46.3 Å². The normalized spacial score (nSPS) is 10.8. The van der Waals surface area contributed by atoms with E-state index in [4.69, 9.17) is 5.73 Å². The molecule has 0 saturated heterocycles. The highest BCUT2D eigenvalue weighted by atomic mass is 16.1. The molecule has 3 heteroatoms. The van der Waals surface area contributed by atoms with Gasteiger partial charge in [-0.2, -0.15) is 0 Å². The van der Waals surface area contributed by atoms with Crippen LogP contribution in [-0.4, -0.2) is 10.8 Å². The Labute approximate surface area is 148 Å². The molecule has 0 radical (unpaired) electrons. The largest absolute Gasteiger partial charge is 0.366 e. The third kappa shape index (κ3) is 5.03. The number of nitrogens with two attached hydrogens (primary N) is 1. The fraction of sp³-hybridized carbons (Fsp3) is 0.136. The monoisotopic (exact) mass is 330 g/mol. The van der Waals surface area contributed by atoms with Gasteiger partial charge in [-0.1, -0.05) is 72.8 Å². The average Bonchev–Trinajstić information content (AvgIpc) is 2.63. The highest BCUT2D eigenvalue weighted by Crippen LogP contribution is 2.15. The van der Waals surface area contributed by atoms with Crippen molar-refractivity contribution in [2.24, 2.45) is 5.73 Å². The number of rotatable bonds is 7. The van der Waals surface area contributed by atoms with Gasteiger partial charge in [0.2, 0.25) is 5.91 Å². The van der Waals surface area contributed by atoms with Crippen molar-refractivity contribution >= 4 is 5.91 Å². The molecule has 126 valence electrons. The van der Waals surface area contributed by atoms with Gasteiger partial charge in [-0.15, -0.1) is 0 Å². The molecule has 1 amide bonds. The third-order valence-electron chi connectivity index (χ3n) is 4.12. The highest BCUT2D eigenvalue weighted by molar-refractivity contribution is 5.92. The van der Waals surface area contributed by atoms with Crippen molar-refractivity contribution in [1.82, 2.24) is 4.90 Å². The van der Waals surface area contributed by atoms with Crippen molar-refractivity contribution in [3.63, 3.8) is 0 Å². The van der Waals surface area contributed by atoms with Gasteiger partial charge in [0.25, 0.3) is 0 Å². The lowest BCUT2D eigenvalue weighted by Crippen LogP contribution is -2.22. The molecule has 25 heavy (non-hydrogen) atoms. The smallest absolute Gasteiger partial charge is 0.248 e. The first-order valence-electron chi connectivity index (χ1n) is 8.39. The first-order chi connectivity index (χ1) is 12.2. The second-order valence-corrected chi connectivity index (χ2v) is 6.18. The molecule has 0 aliphatic heterocycles. The number of amides is 1. The molecular weight excluding hydrogens is 308 g/mol. The van der Waals surface area contributed by atoms with E-state index in [1.807, 2.05) is 30.3 Å². The number of hydrogen-bond donors (Lipinski definition) is 1. The summed E-state index contributed by atoms with van der Waals surface area (Å²) in [6.45, 7) is 2.44. The number of nitrogens with zero attached hydrogens (tertiary/aromatic N) is 1. The molecule has 3 aromatic carbocycles. The van der Waals surface area contributed by atoms with E-state index >= 15 is 0 Å². The molecule has 3 aromatic rings. The molecule has 0 bridgehead atoms. The van der Waals surface area contributed by atoms with Crippen molar-refractivity contribution in [1.29, 1.82) is 0 Å². The summed E-state index contributed by atoms with van der Waals surface area (Å²) in [5, 5.41) is 0. The fourth-order valence-corrected chi connectivity index (χ4v) is 2.93. The number of hydrogen-bond acceptors (Lipinski definition) is 2. The Hall–Kier alpha value is -2.91. The van der Waals surface area contributed by atoms with E-state index < -0.39 is 0 Å². The van der Waals surface area contributed by atoms with Crippen molar-refractivity contribution in [3.05, 3.63) is 107 Å². The predicted octanol–water partition coefficient (Wildman–Crippen LogP) is 3.99. The molecule has 0 saturated carbocycles. The molecule has 3 nitrogen and oxygen atoms in total. The Bertz CT molecular complexity index is 774. The molecule has 0 fully saturated rings. The van der Waals surface area contributed by atoms with Crippen LogP contribution in [0.3, 0.4) is 0 Å². The van der Waals surface area contributed by atoms with Crippen LogP contribution in [0.4, 0.5) is 0 Å². The van der Waals surface area contributed by atoms with Crippen LogP contribution in [0.2, 0.25) is 0 Å². The zero-order chi connectivity index (χ0) is 17.5. The van der Waals surface area contributed by atoms with Crippen LogP contribution in [0.15, 0.2) is 84.9 Å². The van der Waals surface area contributed by atoms with E-state index in [2.05, 4.69) is 53.4 Å². The summed E-state index contributed by atoms with van der Waals surface area (Å²) < 4.78 is 0. The van der Waals surface area contributed by atoms with Crippen LogP contribution in [0.1, 0.15) is 27.0 Å². The van der Waals surface area contributed by atoms with E-state index in [0.717, 1.165) is 25.2 Å². The lowest BCUT2D eigenvalue weighted by atomic mass is 10.1. The Morgan fingerprint density at radius 3 is 1.68 bits per heavy atom. The molecule has 0 aliphatic rings. The fourth-order valence-electron chi connectivity index (χ4n) is 2.93. The van der Waals surface area contributed by atoms with Gasteiger partial charge < -0.3 is 5.73 Å². The first kappa shape index (κ1) is 16.9. The summed E-state index contributed by atoms with van der Waals surface area (Å²) in [4.78, 5) is 13.8. The quantitative estimate of drug-likeness (QED) is 0.712. The van der Waals surface area contributed by atoms with Crippen molar-refractivity contribution in [2.75, 3.05) is 0 Å². The van der Waals surface area contributed by atoms with Crippen molar-refractivity contribution < 1.29 is 4.79 Å². The molecule has 0 aliphatic carbocycles. The maximum Gasteiger partial charge on any atom is 0.248 e. The molecular formula is C22H22N2O. The van der Waals surface area contributed by atoms with Crippen LogP contribution in [0.5, 0.6) is 0 Å². The minimum atomic E-state index is -0.389. The highest BCUT2D eigenvalue weighted by Gasteiger charge is 2.10. The zero-order valence-corrected chi connectivity index (χ0v) is 14.1. The van der Waals surface area contributed by atoms with E-state index in [1.54, 1.807) is 6.07 Å². The number of benzene rings is 3. The van der Waals surface area contributed by atoms with E-state index in [0.29, 0.717) is 5.56 Å². The summed E-state index contributed by atoms with van der Waals surface area (Å²) in [5.41, 5.74) is 9.58. The first-order valence-corrected chi connectivity index (χ1v) is 8.39. The zero-order valence-electron chi connectivity index (χ0n) is 14.1. The summed E-state index contributed by atoms with van der Waals surface area (Å²) >= 11 is 0. The van der Waals surface area contributed by atoms with Gasteiger partial charge in [-0.25, -0.2) is 0 Å². The molecule has 3 rings (SSSR count). The Morgan fingerprint density at radius 2 is 1.16 bits per heavy atom. The maximum absolute atomic E-state index is 11.4. The van der Waals surface area contributed by atoms with Crippen LogP contribution in [0.25, 0.3) is 0 Å². The minimum absolute atomic E-state index is 0.389. The van der Waals surface area contributed by atoms with Gasteiger partial charge in [0.1, 0.15) is 0 Å². The Kier molecular flexibility index (Phi) is 5.60. The summed E-state index contributed by atoms with van der Waals surface area (Å²) in [5.74, 6) is -0.389. The van der Waals surface area contributed by atoms with Gasteiger partial charge in [-0.05, 0) is 28.8 Å². The lowest BCUT2D eigenvalue weighted by molar-refractivity contribution is 0.1000. The van der Waals surface area contributed by atoms with E-state index in [1.165, 1.54) is 11.1 Å². The Morgan fingerprint density at radius 1 is 0.680 bits per heavy atom. The summed E-state index contributed by atoms with van der Waals surface area (Å²) in [6.07, 6.45) is 0. The molecule has 0 heterocycles. The van der Waals surface area contributed by atoms with Crippen LogP contribution >= 0.6 is 0 Å². The van der Waals surface area contributed by atoms with E-state index in [9.17, 15) is 4.79 Å². The molecule has 2 N–H and O–H groups in total. The minimum Gasteiger partial charge on any atom is -0.366 e. The average molecular weight is 330 g/mol. The Balaban J connectivity index is 1.80. The lowest BCUT2D eigenvalue weighted by Gasteiger charge is -2.23. The van der Waals surface area contributed by atoms with Crippen molar-refractivity contribution in [3.8, 4) is 0 Å². The summed E-state index contributed by atoms with van der Waals surface area (Å²) in [6, 6.07) is 28.4. The van der Waals surface area contributed by atoms with Crippen molar-refractivity contribution in [2.45, 2.75) is 19.6 Å². The van der Waals surface area contributed by atoms with Gasteiger partial charge in [-0.3, -0.25) is 9.69 Å². The van der Waals surface area contributed by atoms with Gasteiger partial charge in [0.15, 0.2) is 0 Å². The molecule has 0 spiro atoms. The predicted molar refractivity (Wildman–Crippen MR) is 101 cm³/mol. The maximum atomic E-state index is 11.4. The van der Waals surface area contributed by atoms with Crippen LogP contribution in [0, 0.1) is 0 Å². The van der Waals surface area contributed by atoms with E-state index in [-0.39, 0.29) is 5.91 Å². The molecule has 0 unspecified atom stereocenters. The number of carbonyl (C=O) groups is 1. The summed E-state index contributed by atoms with van der Waals surface area (Å²) in [7, 11) is 0. The number of primary amides is 1. The second kappa shape index (κ2) is 8.27. The van der Waals surface area contributed by atoms with Gasteiger partial charge in [0, 0.05) is 25.2 Å². The standard InChI is InChI=1S/C22H22N2O/c23-22(25)21-13-7-12-20(14-21)17-24(15-18-8-3-1-4-9-18)16-19-10-5-2-6-11-19/h1-14H,15-17H2,(H2,23,25).